The zero-order valence-electron chi connectivity index (χ0n) is 22.1. The van der Waals surface area contributed by atoms with Crippen LogP contribution in [0.3, 0.4) is 0 Å². The minimum atomic E-state index is -0.501. The maximum Gasteiger partial charge on any atom is 0.328 e. The summed E-state index contributed by atoms with van der Waals surface area (Å²) in [6, 6.07) is 0. The van der Waals surface area contributed by atoms with Crippen molar-refractivity contribution in [2.24, 2.45) is 0 Å². The number of unbranched alkanes of at least 4 members (excludes halogenated alkanes) is 12. The molecule has 0 aliphatic rings. The monoisotopic (exact) mass is 473 g/mol. The van der Waals surface area contributed by atoms with E-state index in [1.165, 1.54) is 81.4 Å². The number of amides is 1. The predicted octanol–water partition coefficient (Wildman–Crippen LogP) is 5.63. The zero-order valence-corrected chi connectivity index (χ0v) is 22.1. The van der Waals surface area contributed by atoms with E-state index in [9.17, 15) is 14.4 Å². The van der Waals surface area contributed by atoms with Gasteiger partial charge in [-0.1, -0.05) is 103 Å². The Hall–Kier alpha value is -2.29. The van der Waals surface area contributed by atoms with Crippen molar-refractivity contribution in [3.8, 4) is 11.8 Å². The van der Waals surface area contributed by atoms with Crippen LogP contribution in [-0.4, -0.2) is 22.0 Å². The summed E-state index contributed by atoms with van der Waals surface area (Å²) in [7, 11) is 0. The van der Waals surface area contributed by atoms with Crippen molar-refractivity contribution in [1.29, 1.82) is 0 Å². The first kappa shape index (κ1) is 29.7. The van der Waals surface area contributed by atoms with Gasteiger partial charge >= 0.3 is 5.69 Å². The summed E-state index contributed by atoms with van der Waals surface area (Å²) >= 11 is 0. The molecule has 0 aromatic carbocycles. The highest BCUT2D eigenvalue weighted by Gasteiger charge is 2.20. The molecular formula is C28H47N3O3. The number of hydrogen-bond acceptors (Lipinski definition) is 3. The van der Waals surface area contributed by atoms with E-state index in [4.69, 9.17) is 0 Å². The van der Waals surface area contributed by atoms with Gasteiger partial charge in [-0.15, -0.1) is 0 Å². The zero-order chi connectivity index (χ0) is 25.2. The molecule has 2 N–H and O–H groups in total. The van der Waals surface area contributed by atoms with Gasteiger partial charge < -0.3 is 5.32 Å². The number of aromatic amines is 1. The molecule has 6 nitrogen and oxygen atoms in total. The number of nitrogens with one attached hydrogen (secondary N) is 2. The van der Waals surface area contributed by atoms with E-state index in [0.29, 0.717) is 6.42 Å². The average molecular weight is 474 g/mol. The fourth-order valence-corrected chi connectivity index (χ4v) is 3.85. The Morgan fingerprint density at radius 2 is 1.44 bits per heavy atom. The molecule has 34 heavy (non-hydrogen) atoms. The number of nitrogens with zero attached hydrogens (tertiary/aromatic N) is 1. The summed E-state index contributed by atoms with van der Waals surface area (Å²) in [6.45, 7) is 8.29. The molecule has 1 aromatic rings. The van der Waals surface area contributed by atoms with E-state index < -0.39 is 16.8 Å². The van der Waals surface area contributed by atoms with E-state index in [-0.39, 0.29) is 18.0 Å². The molecule has 1 amide bonds. The van der Waals surface area contributed by atoms with Gasteiger partial charge in [-0.2, -0.15) is 0 Å². The molecule has 0 bridgehead atoms. The smallest absolute Gasteiger partial charge is 0.328 e. The third-order valence-electron chi connectivity index (χ3n) is 6.56. The van der Waals surface area contributed by atoms with Crippen molar-refractivity contribution >= 4 is 5.91 Å². The summed E-state index contributed by atoms with van der Waals surface area (Å²) in [6.07, 6.45) is 19.4. The van der Waals surface area contributed by atoms with Gasteiger partial charge in [-0.05, 0) is 26.7 Å². The van der Waals surface area contributed by atoms with Crippen molar-refractivity contribution in [1.82, 2.24) is 14.9 Å². The summed E-state index contributed by atoms with van der Waals surface area (Å²) in [5.74, 6) is 5.59. The topological polar surface area (TPSA) is 84.0 Å². The molecule has 0 atom stereocenters. The lowest BCUT2D eigenvalue weighted by Crippen LogP contribution is -2.40. The quantitative estimate of drug-likeness (QED) is 0.227. The van der Waals surface area contributed by atoms with E-state index in [1.54, 1.807) is 0 Å². The maximum absolute atomic E-state index is 12.1. The highest BCUT2D eigenvalue weighted by atomic mass is 16.2. The summed E-state index contributed by atoms with van der Waals surface area (Å²) < 4.78 is 1.51. The molecule has 0 fully saturated rings. The average Bonchev–Trinajstić information content (AvgIpc) is 2.80. The molecule has 1 aromatic heterocycles. The van der Waals surface area contributed by atoms with E-state index in [1.807, 2.05) is 20.8 Å². The van der Waals surface area contributed by atoms with Crippen molar-refractivity contribution in [3.63, 3.8) is 0 Å². The van der Waals surface area contributed by atoms with Crippen LogP contribution in [0.5, 0.6) is 0 Å². The van der Waals surface area contributed by atoms with Crippen LogP contribution in [0.1, 0.15) is 130 Å². The number of rotatable bonds is 17. The first-order valence-corrected chi connectivity index (χ1v) is 13.4. The number of carbonyl (C=O) groups is 1. The lowest BCUT2D eigenvalue weighted by atomic mass is 10.0. The standard InChI is InChI=1S/C28H47N3O3/c1-5-7-8-9-10-11-12-13-14-15-16-17-18-21-25(32)29-22-19-20-24-23-31(28(3,4)6-2)27(34)30-26(24)33/h23H,5-18,21-22H2,1-4H3,(H,29,32)(H,30,33,34). The van der Waals surface area contributed by atoms with Crippen LogP contribution in [0.4, 0.5) is 0 Å². The molecule has 192 valence electrons. The van der Waals surface area contributed by atoms with Gasteiger partial charge in [-0.25, -0.2) is 4.79 Å². The number of carbonyl (C=O) groups excluding carboxylic acids is 1. The Balaban J connectivity index is 2.18. The summed E-state index contributed by atoms with van der Waals surface area (Å²) in [5.41, 5.74) is -1.13. The first-order valence-electron chi connectivity index (χ1n) is 13.4. The van der Waals surface area contributed by atoms with Crippen LogP contribution in [0.15, 0.2) is 15.8 Å². The van der Waals surface area contributed by atoms with Gasteiger partial charge in [0.2, 0.25) is 5.91 Å². The molecular weight excluding hydrogens is 426 g/mol. The largest absolute Gasteiger partial charge is 0.345 e. The van der Waals surface area contributed by atoms with Gasteiger partial charge in [0.25, 0.3) is 5.56 Å². The van der Waals surface area contributed by atoms with Gasteiger partial charge in [0.15, 0.2) is 0 Å². The Kier molecular flexibility index (Phi) is 15.0. The second-order valence-electron chi connectivity index (χ2n) is 9.91. The van der Waals surface area contributed by atoms with Crippen LogP contribution in [0.25, 0.3) is 0 Å². The van der Waals surface area contributed by atoms with Crippen molar-refractivity contribution < 1.29 is 4.79 Å². The van der Waals surface area contributed by atoms with Crippen LogP contribution >= 0.6 is 0 Å². The fourth-order valence-electron chi connectivity index (χ4n) is 3.85. The molecule has 1 heterocycles. The van der Waals surface area contributed by atoms with Crippen molar-refractivity contribution in [3.05, 3.63) is 32.6 Å². The molecule has 0 aliphatic carbocycles. The third kappa shape index (κ3) is 12.3. The van der Waals surface area contributed by atoms with Crippen LogP contribution < -0.4 is 16.6 Å². The Bertz CT molecular complexity index is 887. The van der Waals surface area contributed by atoms with Gasteiger partial charge in [0.1, 0.15) is 5.56 Å². The van der Waals surface area contributed by atoms with Gasteiger partial charge in [0, 0.05) is 18.2 Å². The highest BCUT2D eigenvalue weighted by Crippen LogP contribution is 2.16. The normalized spacial score (nSPS) is 11.2. The minimum Gasteiger partial charge on any atom is -0.345 e. The van der Waals surface area contributed by atoms with Crippen LogP contribution in [0.2, 0.25) is 0 Å². The van der Waals surface area contributed by atoms with Gasteiger partial charge in [-0.3, -0.25) is 19.1 Å². The lowest BCUT2D eigenvalue weighted by molar-refractivity contribution is -0.120. The Morgan fingerprint density at radius 3 is 1.97 bits per heavy atom. The minimum absolute atomic E-state index is 0.0108. The third-order valence-corrected chi connectivity index (χ3v) is 6.56. The van der Waals surface area contributed by atoms with Gasteiger partial charge in [0.05, 0.1) is 6.54 Å². The van der Waals surface area contributed by atoms with Crippen molar-refractivity contribution in [2.45, 2.75) is 130 Å². The van der Waals surface area contributed by atoms with E-state index >= 15 is 0 Å². The highest BCUT2D eigenvalue weighted by molar-refractivity contribution is 5.76. The Labute approximate surface area is 206 Å². The van der Waals surface area contributed by atoms with Crippen LogP contribution in [-0.2, 0) is 10.3 Å². The van der Waals surface area contributed by atoms with E-state index in [2.05, 4.69) is 29.1 Å². The first-order chi connectivity index (χ1) is 16.3. The molecule has 0 saturated heterocycles. The molecule has 6 heteroatoms. The number of hydrogen-bond donors (Lipinski definition) is 2. The Morgan fingerprint density at radius 1 is 0.912 bits per heavy atom. The molecule has 0 radical (unpaired) electrons. The molecule has 0 unspecified atom stereocenters. The summed E-state index contributed by atoms with van der Waals surface area (Å²) in [5, 5.41) is 2.79. The molecule has 0 aliphatic heterocycles. The maximum atomic E-state index is 12.1. The molecule has 1 rings (SSSR count). The molecule has 0 saturated carbocycles. The second-order valence-corrected chi connectivity index (χ2v) is 9.91. The van der Waals surface area contributed by atoms with Crippen LogP contribution in [0, 0.1) is 11.8 Å². The summed E-state index contributed by atoms with van der Waals surface area (Å²) in [4.78, 5) is 38.4. The van der Waals surface area contributed by atoms with E-state index in [0.717, 1.165) is 19.3 Å². The second kappa shape index (κ2) is 17.2. The lowest BCUT2D eigenvalue weighted by Gasteiger charge is -2.25. The SMILES string of the molecule is CCCCCCCCCCCCCCCC(=O)NCC#Cc1cn(C(C)(C)CC)c(=O)[nH]c1=O. The fraction of sp³-hybridized carbons (Fsp3) is 0.750. The number of aromatic nitrogens is 2. The predicted molar refractivity (Wildman–Crippen MR) is 141 cm³/mol. The molecule has 0 spiro atoms. The number of H-pyrrole nitrogens is 1. The van der Waals surface area contributed by atoms with Crippen molar-refractivity contribution in [2.75, 3.05) is 6.54 Å².